The van der Waals surface area contributed by atoms with Crippen molar-refractivity contribution < 1.29 is 4.42 Å². The van der Waals surface area contributed by atoms with Gasteiger partial charge in [0.2, 0.25) is 5.95 Å². The largest absolute Gasteiger partial charge is 0.452 e. The first-order valence-electron chi connectivity index (χ1n) is 17.2. The van der Waals surface area contributed by atoms with E-state index < -0.39 is 0 Å². The molecule has 0 spiro atoms. The average molecular weight is 653 g/mol. The number of hydrogen-bond acceptors (Lipinski definition) is 3. The van der Waals surface area contributed by atoms with E-state index in [4.69, 9.17) is 14.4 Å². The van der Waals surface area contributed by atoms with E-state index in [2.05, 4.69) is 161 Å². The van der Waals surface area contributed by atoms with Gasteiger partial charge in [-0.05, 0) is 59.7 Å². The van der Waals surface area contributed by atoms with Gasteiger partial charge in [-0.2, -0.15) is 0 Å². The third kappa shape index (κ3) is 4.15. The molecule has 0 N–H and O–H groups in total. The number of nitrogens with zero attached hydrogens (tertiary/aromatic N) is 4. The molecule has 0 fully saturated rings. The summed E-state index contributed by atoms with van der Waals surface area (Å²) in [7, 11) is 0. The van der Waals surface area contributed by atoms with Crippen molar-refractivity contribution in [2.75, 3.05) is 0 Å². The molecule has 4 heterocycles. The van der Waals surface area contributed by atoms with Crippen molar-refractivity contribution in [1.82, 2.24) is 19.1 Å². The molecular weight excluding hydrogens is 625 g/mol. The zero-order valence-corrected chi connectivity index (χ0v) is 27.4. The average Bonchev–Trinajstić information content (AvgIpc) is 3.85. The van der Waals surface area contributed by atoms with E-state index in [1.165, 1.54) is 10.8 Å². The maximum absolute atomic E-state index is 6.59. The topological polar surface area (TPSA) is 48.8 Å². The molecular formula is C46H28N4O. The van der Waals surface area contributed by atoms with Gasteiger partial charge in [-0.1, -0.05) is 121 Å². The minimum absolute atomic E-state index is 0.600. The summed E-state index contributed by atoms with van der Waals surface area (Å²) < 4.78 is 11.1. The molecule has 0 aliphatic heterocycles. The Kier molecular flexibility index (Phi) is 5.89. The summed E-state index contributed by atoms with van der Waals surface area (Å²) in [6.07, 6.45) is 0. The van der Waals surface area contributed by atoms with Crippen LogP contribution < -0.4 is 0 Å². The van der Waals surface area contributed by atoms with Crippen LogP contribution in [0.25, 0.3) is 99.7 Å². The van der Waals surface area contributed by atoms with E-state index in [0.29, 0.717) is 11.5 Å². The van der Waals surface area contributed by atoms with Gasteiger partial charge in [0.1, 0.15) is 16.8 Å². The molecule has 0 amide bonds. The van der Waals surface area contributed by atoms with Crippen molar-refractivity contribution in [2.24, 2.45) is 0 Å². The van der Waals surface area contributed by atoms with E-state index in [-0.39, 0.29) is 0 Å². The molecule has 0 atom stereocenters. The third-order valence-corrected chi connectivity index (χ3v) is 10.1. The highest BCUT2D eigenvalue weighted by Crippen LogP contribution is 2.39. The predicted molar refractivity (Wildman–Crippen MR) is 209 cm³/mol. The predicted octanol–water partition coefficient (Wildman–Crippen LogP) is 11.9. The summed E-state index contributed by atoms with van der Waals surface area (Å²) in [6, 6.07) is 59.6. The van der Waals surface area contributed by atoms with Gasteiger partial charge >= 0.3 is 0 Å². The second-order valence-electron chi connectivity index (χ2n) is 13.0. The molecule has 0 saturated heterocycles. The number of fused-ring (bicyclic) bond motifs is 9. The molecule has 238 valence electrons. The zero-order chi connectivity index (χ0) is 33.5. The highest BCUT2D eigenvalue weighted by molar-refractivity contribution is 6.12. The first-order chi connectivity index (χ1) is 25.3. The van der Waals surface area contributed by atoms with Crippen molar-refractivity contribution >= 4 is 65.7 Å². The second kappa shape index (κ2) is 10.8. The lowest BCUT2D eigenvalue weighted by molar-refractivity contribution is 0.666. The number of para-hydroxylation sites is 4. The quantitative estimate of drug-likeness (QED) is 0.190. The maximum Gasteiger partial charge on any atom is 0.236 e. The monoisotopic (exact) mass is 652 g/mol. The summed E-state index contributed by atoms with van der Waals surface area (Å²) in [5.74, 6) is 0.600. The number of aromatic nitrogens is 4. The zero-order valence-electron chi connectivity index (χ0n) is 27.4. The second-order valence-corrected chi connectivity index (χ2v) is 13.0. The Bertz CT molecular complexity index is 3090. The molecule has 0 saturated carbocycles. The van der Waals surface area contributed by atoms with Gasteiger partial charge in [-0.25, -0.2) is 9.97 Å². The summed E-state index contributed by atoms with van der Waals surface area (Å²) >= 11 is 0. The van der Waals surface area contributed by atoms with Crippen molar-refractivity contribution in [3.63, 3.8) is 0 Å². The summed E-state index contributed by atoms with van der Waals surface area (Å²) in [5.41, 5.74) is 11.7. The van der Waals surface area contributed by atoms with Crippen molar-refractivity contribution in [3.8, 4) is 34.0 Å². The summed E-state index contributed by atoms with van der Waals surface area (Å²) in [5, 5.41) is 5.72. The van der Waals surface area contributed by atoms with Gasteiger partial charge in [0.15, 0.2) is 5.58 Å². The molecule has 5 nitrogen and oxygen atoms in total. The first-order valence-corrected chi connectivity index (χ1v) is 17.2. The van der Waals surface area contributed by atoms with Crippen LogP contribution in [0.4, 0.5) is 0 Å². The van der Waals surface area contributed by atoms with Crippen LogP contribution in [0.15, 0.2) is 174 Å². The number of furan rings is 1. The molecule has 0 unspecified atom stereocenters. The van der Waals surface area contributed by atoms with Gasteiger partial charge in [0, 0.05) is 38.2 Å². The molecule has 51 heavy (non-hydrogen) atoms. The smallest absolute Gasteiger partial charge is 0.236 e. The van der Waals surface area contributed by atoms with Crippen molar-refractivity contribution in [3.05, 3.63) is 170 Å². The Balaban J connectivity index is 1.20. The fourth-order valence-electron chi connectivity index (χ4n) is 7.86. The standard InChI is InChI=1S/C46H28N4O/c1-2-13-29(14-3-1)30-25-26-36-35-19-6-10-23-40(35)50(41(36)28-30)46-47-43(45-44(48-46)37-20-7-11-24-42(37)51-45)31-15-12-16-32(27-31)49-38-21-8-4-17-33(38)34-18-5-9-22-39(34)49/h1-28H. The van der Waals surface area contributed by atoms with Crippen LogP contribution in [0.1, 0.15) is 0 Å². The molecule has 4 aromatic heterocycles. The van der Waals surface area contributed by atoms with E-state index in [1.807, 2.05) is 18.2 Å². The minimum atomic E-state index is 0.600. The Morgan fingerprint density at radius 3 is 1.71 bits per heavy atom. The van der Waals surface area contributed by atoms with E-state index in [0.717, 1.165) is 77.4 Å². The maximum atomic E-state index is 6.59. The Hall–Kier alpha value is -6.98. The highest BCUT2D eigenvalue weighted by Gasteiger charge is 2.22. The lowest BCUT2D eigenvalue weighted by atomic mass is 10.0. The first kappa shape index (κ1) is 27.9. The molecule has 0 aliphatic rings. The lowest BCUT2D eigenvalue weighted by Gasteiger charge is -2.12. The van der Waals surface area contributed by atoms with Gasteiger partial charge in [-0.3, -0.25) is 4.57 Å². The van der Waals surface area contributed by atoms with Crippen LogP contribution in [0.2, 0.25) is 0 Å². The van der Waals surface area contributed by atoms with Crippen LogP contribution in [0.3, 0.4) is 0 Å². The van der Waals surface area contributed by atoms with Crippen LogP contribution >= 0.6 is 0 Å². The minimum Gasteiger partial charge on any atom is -0.452 e. The molecule has 0 bridgehead atoms. The molecule has 5 heteroatoms. The summed E-state index contributed by atoms with van der Waals surface area (Å²) in [6.45, 7) is 0. The normalized spacial score (nSPS) is 11.9. The van der Waals surface area contributed by atoms with Crippen LogP contribution in [-0.4, -0.2) is 19.1 Å². The number of benzene rings is 7. The number of hydrogen-bond donors (Lipinski definition) is 0. The Morgan fingerprint density at radius 2 is 0.980 bits per heavy atom. The molecule has 7 aromatic carbocycles. The van der Waals surface area contributed by atoms with Crippen molar-refractivity contribution in [2.45, 2.75) is 0 Å². The van der Waals surface area contributed by atoms with Gasteiger partial charge < -0.3 is 8.98 Å². The van der Waals surface area contributed by atoms with E-state index in [9.17, 15) is 0 Å². The van der Waals surface area contributed by atoms with Crippen molar-refractivity contribution in [1.29, 1.82) is 0 Å². The molecule has 11 aromatic rings. The SMILES string of the molecule is c1ccc(-c2ccc3c4ccccc4n(-c4nc(-c5cccc(-n6c7ccccc7c7ccccc76)c5)c5oc6ccccc6c5n4)c3c2)cc1. The fourth-order valence-corrected chi connectivity index (χ4v) is 7.86. The van der Waals surface area contributed by atoms with E-state index in [1.54, 1.807) is 0 Å². The van der Waals surface area contributed by atoms with Crippen LogP contribution in [-0.2, 0) is 0 Å². The molecule has 0 radical (unpaired) electrons. The summed E-state index contributed by atoms with van der Waals surface area (Å²) in [4.78, 5) is 10.7. The lowest BCUT2D eigenvalue weighted by Crippen LogP contribution is -2.03. The van der Waals surface area contributed by atoms with Gasteiger partial charge in [0.25, 0.3) is 0 Å². The number of rotatable bonds is 4. The highest BCUT2D eigenvalue weighted by atomic mass is 16.3. The van der Waals surface area contributed by atoms with Gasteiger partial charge in [0.05, 0.1) is 22.1 Å². The molecule has 0 aliphatic carbocycles. The van der Waals surface area contributed by atoms with E-state index >= 15 is 0 Å². The van der Waals surface area contributed by atoms with Crippen LogP contribution in [0, 0.1) is 0 Å². The molecule has 11 rings (SSSR count). The van der Waals surface area contributed by atoms with Crippen LogP contribution in [0.5, 0.6) is 0 Å². The Morgan fingerprint density at radius 1 is 0.392 bits per heavy atom. The fraction of sp³-hybridized carbons (Fsp3) is 0. The third-order valence-electron chi connectivity index (χ3n) is 10.1. The van der Waals surface area contributed by atoms with Gasteiger partial charge in [-0.15, -0.1) is 0 Å². The Labute approximate surface area is 292 Å².